The molecule has 4 heteroatoms. The first-order valence-corrected chi connectivity index (χ1v) is 7.80. The molecule has 4 nitrogen and oxygen atoms in total. The Morgan fingerprint density at radius 1 is 1.18 bits per heavy atom. The molecule has 1 aliphatic rings. The van der Waals surface area contributed by atoms with E-state index in [9.17, 15) is 4.79 Å². The Morgan fingerprint density at radius 2 is 2.00 bits per heavy atom. The standard InChI is InChI=1S/C18H21N3O/c22-18(10-9-15-6-2-1-3-7-15)20-16-11-13-21(14-16)17-8-4-5-12-19-17/h1-8,12,16H,9-11,13-14H2,(H,20,22)/t16-/m0/s1. The van der Waals surface area contributed by atoms with Crippen LogP contribution in [0.25, 0.3) is 0 Å². The number of hydrogen-bond acceptors (Lipinski definition) is 3. The van der Waals surface area contributed by atoms with Gasteiger partial charge in [-0.05, 0) is 30.5 Å². The second-order valence-corrected chi connectivity index (χ2v) is 5.67. The minimum Gasteiger partial charge on any atom is -0.354 e. The topological polar surface area (TPSA) is 45.2 Å². The van der Waals surface area contributed by atoms with Crippen LogP contribution in [-0.4, -0.2) is 30.0 Å². The zero-order valence-electron chi connectivity index (χ0n) is 12.6. The largest absolute Gasteiger partial charge is 0.354 e. The minimum absolute atomic E-state index is 0.136. The van der Waals surface area contributed by atoms with Gasteiger partial charge >= 0.3 is 0 Å². The van der Waals surface area contributed by atoms with E-state index >= 15 is 0 Å². The molecular formula is C18H21N3O. The first-order chi connectivity index (χ1) is 10.8. The van der Waals surface area contributed by atoms with E-state index in [0.717, 1.165) is 31.7 Å². The number of nitrogens with one attached hydrogen (secondary N) is 1. The summed E-state index contributed by atoms with van der Waals surface area (Å²) in [5.74, 6) is 1.13. The molecule has 1 atom stereocenters. The summed E-state index contributed by atoms with van der Waals surface area (Å²) in [5.41, 5.74) is 1.21. The molecule has 1 fully saturated rings. The highest BCUT2D eigenvalue weighted by atomic mass is 16.1. The summed E-state index contributed by atoms with van der Waals surface area (Å²) in [6.07, 6.45) is 4.13. The summed E-state index contributed by atoms with van der Waals surface area (Å²) in [5, 5.41) is 3.14. The molecule has 1 aliphatic heterocycles. The van der Waals surface area contributed by atoms with Crippen molar-refractivity contribution >= 4 is 11.7 Å². The van der Waals surface area contributed by atoms with E-state index in [2.05, 4.69) is 27.3 Å². The van der Waals surface area contributed by atoms with Crippen LogP contribution >= 0.6 is 0 Å². The average Bonchev–Trinajstić information content (AvgIpc) is 3.03. The molecule has 114 valence electrons. The van der Waals surface area contributed by atoms with Crippen LogP contribution in [0.5, 0.6) is 0 Å². The normalized spacial score (nSPS) is 17.5. The van der Waals surface area contributed by atoms with Crippen LogP contribution in [0.2, 0.25) is 0 Å². The maximum absolute atomic E-state index is 12.1. The third-order valence-corrected chi connectivity index (χ3v) is 4.01. The lowest BCUT2D eigenvalue weighted by Gasteiger charge is -2.17. The lowest BCUT2D eigenvalue weighted by atomic mass is 10.1. The molecule has 0 spiro atoms. The Kier molecular flexibility index (Phi) is 4.68. The highest BCUT2D eigenvalue weighted by Crippen LogP contribution is 2.17. The van der Waals surface area contributed by atoms with E-state index in [4.69, 9.17) is 0 Å². The molecule has 3 rings (SSSR count). The summed E-state index contributed by atoms with van der Waals surface area (Å²) in [6.45, 7) is 1.79. The zero-order valence-corrected chi connectivity index (χ0v) is 12.6. The molecule has 22 heavy (non-hydrogen) atoms. The van der Waals surface area contributed by atoms with Crippen molar-refractivity contribution < 1.29 is 4.79 Å². The third kappa shape index (κ3) is 3.85. The Bertz CT molecular complexity index is 600. The van der Waals surface area contributed by atoms with Crippen molar-refractivity contribution in [3.05, 3.63) is 60.3 Å². The molecule has 0 aliphatic carbocycles. The number of rotatable bonds is 5. The molecule has 2 heterocycles. The number of amides is 1. The van der Waals surface area contributed by atoms with Gasteiger partial charge in [-0.3, -0.25) is 4.79 Å². The van der Waals surface area contributed by atoms with Crippen LogP contribution < -0.4 is 10.2 Å². The van der Waals surface area contributed by atoms with Gasteiger partial charge in [0.2, 0.25) is 5.91 Å². The van der Waals surface area contributed by atoms with Gasteiger partial charge in [-0.15, -0.1) is 0 Å². The lowest BCUT2D eigenvalue weighted by Crippen LogP contribution is -2.37. The summed E-state index contributed by atoms with van der Waals surface area (Å²) < 4.78 is 0. The molecule has 0 saturated carbocycles. The second-order valence-electron chi connectivity index (χ2n) is 5.67. The van der Waals surface area contributed by atoms with Gasteiger partial charge in [0.05, 0.1) is 0 Å². The Labute approximate surface area is 131 Å². The molecule has 0 bridgehead atoms. The predicted octanol–water partition coefficient (Wildman–Crippen LogP) is 2.41. The number of anilines is 1. The molecule has 1 aromatic carbocycles. The first-order valence-electron chi connectivity index (χ1n) is 7.80. The predicted molar refractivity (Wildman–Crippen MR) is 87.8 cm³/mol. The minimum atomic E-state index is 0.136. The molecule has 0 unspecified atom stereocenters. The van der Waals surface area contributed by atoms with Gasteiger partial charge in [-0.2, -0.15) is 0 Å². The number of nitrogens with zero attached hydrogens (tertiary/aromatic N) is 2. The molecule has 1 N–H and O–H groups in total. The van der Waals surface area contributed by atoms with E-state index in [-0.39, 0.29) is 11.9 Å². The van der Waals surface area contributed by atoms with Crippen molar-refractivity contribution in [2.24, 2.45) is 0 Å². The van der Waals surface area contributed by atoms with Gasteiger partial charge in [-0.1, -0.05) is 36.4 Å². The van der Waals surface area contributed by atoms with Crippen LogP contribution in [0.15, 0.2) is 54.7 Å². The van der Waals surface area contributed by atoms with Crippen LogP contribution in [0.3, 0.4) is 0 Å². The van der Waals surface area contributed by atoms with Crippen molar-refractivity contribution in [3.8, 4) is 0 Å². The summed E-state index contributed by atoms with van der Waals surface area (Å²) in [7, 11) is 0. The quantitative estimate of drug-likeness (QED) is 0.921. The molecule has 1 amide bonds. The number of carbonyl (C=O) groups excluding carboxylic acids is 1. The summed E-state index contributed by atoms with van der Waals surface area (Å²) >= 11 is 0. The van der Waals surface area contributed by atoms with Gasteiger partial charge < -0.3 is 10.2 Å². The Hall–Kier alpha value is -2.36. The van der Waals surface area contributed by atoms with Crippen LogP contribution in [0.4, 0.5) is 5.82 Å². The molecule has 1 saturated heterocycles. The molecular weight excluding hydrogens is 274 g/mol. The van der Waals surface area contributed by atoms with Crippen LogP contribution in [0, 0.1) is 0 Å². The van der Waals surface area contributed by atoms with Crippen molar-refractivity contribution in [3.63, 3.8) is 0 Å². The number of pyridine rings is 1. The van der Waals surface area contributed by atoms with Crippen molar-refractivity contribution in [2.45, 2.75) is 25.3 Å². The van der Waals surface area contributed by atoms with Gasteiger partial charge in [-0.25, -0.2) is 4.98 Å². The molecule has 1 aromatic heterocycles. The maximum Gasteiger partial charge on any atom is 0.220 e. The van der Waals surface area contributed by atoms with Crippen molar-refractivity contribution in [1.29, 1.82) is 0 Å². The van der Waals surface area contributed by atoms with Crippen LogP contribution in [-0.2, 0) is 11.2 Å². The smallest absolute Gasteiger partial charge is 0.220 e. The van der Waals surface area contributed by atoms with Gasteiger partial charge in [0.25, 0.3) is 0 Å². The highest BCUT2D eigenvalue weighted by Gasteiger charge is 2.24. The maximum atomic E-state index is 12.1. The Balaban J connectivity index is 1.45. The highest BCUT2D eigenvalue weighted by molar-refractivity contribution is 5.76. The number of hydrogen-bond donors (Lipinski definition) is 1. The number of aromatic nitrogens is 1. The second kappa shape index (κ2) is 7.07. The van der Waals surface area contributed by atoms with E-state index in [1.807, 2.05) is 36.4 Å². The number of benzene rings is 1. The molecule has 0 radical (unpaired) electrons. The average molecular weight is 295 g/mol. The Morgan fingerprint density at radius 3 is 2.77 bits per heavy atom. The number of carbonyl (C=O) groups is 1. The fraction of sp³-hybridized carbons (Fsp3) is 0.333. The molecule has 2 aromatic rings. The monoisotopic (exact) mass is 295 g/mol. The van der Waals surface area contributed by atoms with Gasteiger partial charge in [0, 0.05) is 31.7 Å². The summed E-state index contributed by atoms with van der Waals surface area (Å²) in [4.78, 5) is 18.7. The summed E-state index contributed by atoms with van der Waals surface area (Å²) in [6, 6.07) is 16.3. The third-order valence-electron chi connectivity index (χ3n) is 4.01. The van der Waals surface area contributed by atoms with Gasteiger partial charge in [0.15, 0.2) is 0 Å². The first kappa shape index (κ1) is 14.6. The lowest BCUT2D eigenvalue weighted by molar-refractivity contribution is -0.121. The van der Waals surface area contributed by atoms with E-state index < -0.39 is 0 Å². The number of aryl methyl sites for hydroxylation is 1. The van der Waals surface area contributed by atoms with E-state index in [1.165, 1.54) is 5.56 Å². The van der Waals surface area contributed by atoms with Crippen molar-refractivity contribution in [2.75, 3.05) is 18.0 Å². The van der Waals surface area contributed by atoms with E-state index in [0.29, 0.717) is 6.42 Å². The fourth-order valence-electron chi connectivity index (χ4n) is 2.83. The fourth-order valence-corrected chi connectivity index (χ4v) is 2.83. The van der Waals surface area contributed by atoms with Crippen molar-refractivity contribution in [1.82, 2.24) is 10.3 Å². The SMILES string of the molecule is O=C(CCc1ccccc1)N[C@H]1CCN(c2ccccn2)C1. The van der Waals surface area contributed by atoms with E-state index in [1.54, 1.807) is 6.20 Å². The zero-order chi connectivity index (χ0) is 15.2. The van der Waals surface area contributed by atoms with Crippen LogP contribution in [0.1, 0.15) is 18.4 Å². The van der Waals surface area contributed by atoms with Gasteiger partial charge in [0.1, 0.15) is 5.82 Å².